The van der Waals surface area contributed by atoms with Crippen LogP contribution in [0.2, 0.25) is 0 Å². The highest BCUT2D eigenvalue weighted by atomic mass is 79.9. The van der Waals surface area contributed by atoms with Crippen molar-refractivity contribution in [2.75, 3.05) is 18.1 Å². The normalized spacial score (nSPS) is 10.3. The first-order valence-electron chi connectivity index (χ1n) is 7.41. The van der Waals surface area contributed by atoms with Crippen LogP contribution in [-0.2, 0) is 10.5 Å². The number of aryl methyl sites for hydroxylation is 1. The Balaban J connectivity index is 1.91. The fourth-order valence-electron chi connectivity index (χ4n) is 2.19. The largest absolute Gasteiger partial charge is 0.343 e. The molecular formula is C18H19BrN2O2S. The van der Waals surface area contributed by atoms with Gasteiger partial charge in [-0.25, -0.2) is 0 Å². The van der Waals surface area contributed by atoms with E-state index in [0.29, 0.717) is 5.56 Å². The van der Waals surface area contributed by atoms with E-state index in [1.807, 2.05) is 49.6 Å². The van der Waals surface area contributed by atoms with Gasteiger partial charge in [-0.1, -0.05) is 28.1 Å². The number of benzene rings is 2. The van der Waals surface area contributed by atoms with Gasteiger partial charge in [0.25, 0.3) is 5.91 Å². The van der Waals surface area contributed by atoms with E-state index in [0.717, 1.165) is 27.0 Å². The number of carbonyl (C=O) groups is 2. The number of halogens is 1. The van der Waals surface area contributed by atoms with Gasteiger partial charge in [-0.05, 0) is 54.6 Å². The highest BCUT2D eigenvalue weighted by Crippen LogP contribution is 2.19. The van der Waals surface area contributed by atoms with Crippen LogP contribution in [0.1, 0.15) is 21.5 Å². The lowest BCUT2D eigenvalue weighted by molar-refractivity contribution is -0.115. The molecule has 0 spiro atoms. The van der Waals surface area contributed by atoms with Crippen LogP contribution in [0.3, 0.4) is 0 Å². The molecule has 0 aliphatic rings. The molecule has 0 unspecified atom stereocenters. The van der Waals surface area contributed by atoms with Crippen molar-refractivity contribution < 1.29 is 9.59 Å². The van der Waals surface area contributed by atoms with Crippen molar-refractivity contribution in [1.29, 1.82) is 0 Å². The summed E-state index contributed by atoms with van der Waals surface area (Å²) >= 11 is 5.08. The Morgan fingerprint density at radius 3 is 2.67 bits per heavy atom. The van der Waals surface area contributed by atoms with Crippen molar-refractivity contribution in [2.45, 2.75) is 12.7 Å². The van der Waals surface area contributed by atoms with Gasteiger partial charge in [-0.2, -0.15) is 11.8 Å². The zero-order chi connectivity index (χ0) is 17.5. The van der Waals surface area contributed by atoms with Gasteiger partial charge in [0.1, 0.15) is 0 Å². The third-order valence-corrected chi connectivity index (χ3v) is 4.49. The fourth-order valence-corrected chi connectivity index (χ4v) is 3.18. The van der Waals surface area contributed by atoms with Gasteiger partial charge >= 0.3 is 0 Å². The number of carbonyl (C=O) groups excluding carboxylic acids is 2. The molecule has 2 rings (SSSR count). The standard InChI is InChI=1S/C18H19BrN2O2S/c1-12-8-15(19)6-7-16(12)21-17(22)10-20-18(23)14-5-3-4-13(9-14)11-24-2/h3-9H,10-11H2,1-2H3,(H,20,23)(H,21,22). The molecule has 0 saturated heterocycles. The quantitative estimate of drug-likeness (QED) is 0.762. The molecule has 0 heterocycles. The predicted octanol–water partition coefficient (Wildman–Crippen LogP) is 3.99. The highest BCUT2D eigenvalue weighted by molar-refractivity contribution is 9.10. The number of nitrogens with one attached hydrogen (secondary N) is 2. The second kappa shape index (κ2) is 8.89. The Bertz CT molecular complexity index is 750. The summed E-state index contributed by atoms with van der Waals surface area (Å²) < 4.78 is 0.955. The van der Waals surface area contributed by atoms with Gasteiger partial charge in [0.05, 0.1) is 6.54 Å². The number of anilines is 1. The molecule has 2 amide bonds. The first-order chi connectivity index (χ1) is 11.5. The second-order valence-electron chi connectivity index (χ2n) is 5.32. The van der Waals surface area contributed by atoms with Crippen LogP contribution in [0.4, 0.5) is 5.69 Å². The number of thioether (sulfide) groups is 1. The topological polar surface area (TPSA) is 58.2 Å². The Morgan fingerprint density at radius 1 is 1.17 bits per heavy atom. The van der Waals surface area contributed by atoms with Gasteiger partial charge in [-0.15, -0.1) is 0 Å². The summed E-state index contributed by atoms with van der Waals surface area (Å²) in [5, 5.41) is 5.45. The maximum Gasteiger partial charge on any atom is 0.251 e. The van der Waals surface area contributed by atoms with Crippen molar-refractivity contribution in [1.82, 2.24) is 5.32 Å². The third kappa shape index (κ3) is 5.39. The lowest BCUT2D eigenvalue weighted by atomic mass is 10.1. The van der Waals surface area contributed by atoms with E-state index in [2.05, 4.69) is 26.6 Å². The second-order valence-corrected chi connectivity index (χ2v) is 7.11. The van der Waals surface area contributed by atoms with Crippen molar-refractivity contribution >= 4 is 45.2 Å². The van der Waals surface area contributed by atoms with Crippen LogP contribution in [0, 0.1) is 6.92 Å². The zero-order valence-electron chi connectivity index (χ0n) is 13.6. The van der Waals surface area contributed by atoms with E-state index in [4.69, 9.17) is 0 Å². The minimum absolute atomic E-state index is 0.0684. The minimum Gasteiger partial charge on any atom is -0.343 e. The fraction of sp³-hybridized carbons (Fsp3) is 0.222. The molecule has 2 N–H and O–H groups in total. The van der Waals surface area contributed by atoms with Gasteiger partial charge < -0.3 is 10.6 Å². The van der Waals surface area contributed by atoms with Crippen LogP contribution in [0.25, 0.3) is 0 Å². The number of rotatable bonds is 6. The molecule has 0 fully saturated rings. The lowest BCUT2D eigenvalue weighted by Crippen LogP contribution is -2.33. The molecule has 2 aromatic rings. The maximum absolute atomic E-state index is 12.2. The smallest absolute Gasteiger partial charge is 0.251 e. The molecule has 4 nitrogen and oxygen atoms in total. The summed E-state index contributed by atoms with van der Waals surface area (Å²) in [6.45, 7) is 1.84. The van der Waals surface area contributed by atoms with Crippen molar-refractivity contribution in [3.63, 3.8) is 0 Å². The summed E-state index contributed by atoms with van der Waals surface area (Å²) in [7, 11) is 0. The molecule has 2 aromatic carbocycles. The van der Waals surface area contributed by atoms with E-state index < -0.39 is 0 Å². The van der Waals surface area contributed by atoms with Crippen LogP contribution < -0.4 is 10.6 Å². The van der Waals surface area contributed by atoms with E-state index >= 15 is 0 Å². The zero-order valence-corrected chi connectivity index (χ0v) is 16.0. The van der Waals surface area contributed by atoms with E-state index in [-0.39, 0.29) is 18.4 Å². The summed E-state index contributed by atoms with van der Waals surface area (Å²) in [6.07, 6.45) is 2.02. The maximum atomic E-state index is 12.2. The SMILES string of the molecule is CSCc1cccc(C(=O)NCC(=O)Nc2ccc(Br)cc2C)c1. The van der Waals surface area contributed by atoms with Crippen LogP contribution in [0.15, 0.2) is 46.9 Å². The first-order valence-corrected chi connectivity index (χ1v) is 9.60. The number of amides is 2. The highest BCUT2D eigenvalue weighted by Gasteiger charge is 2.10. The summed E-state index contributed by atoms with van der Waals surface area (Å²) in [5.41, 5.74) is 3.34. The minimum atomic E-state index is -0.256. The van der Waals surface area contributed by atoms with Gasteiger partial charge in [0, 0.05) is 21.5 Å². The van der Waals surface area contributed by atoms with Crippen molar-refractivity contribution in [3.8, 4) is 0 Å². The number of hydrogen-bond donors (Lipinski definition) is 2. The molecule has 0 bridgehead atoms. The summed E-state index contributed by atoms with van der Waals surface area (Å²) in [5.74, 6) is 0.347. The number of hydrogen-bond acceptors (Lipinski definition) is 3. The molecule has 0 saturated carbocycles. The summed E-state index contributed by atoms with van der Waals surface area (Å²) in [6, 6.07) is 13.0. The van der Waals surface area contributed by atoms with Crippen LogP contribution >= 0.6 is 27.7 Å². The molecular weight excluding hydrogens is 388 g/mol. The Labute approximate surface area is 154 Å². The third-order valence-electron chi connectivity index (χ3n) is 3.37. The van der Waals surface area contributed by atoms with E-state index in [1.54, 1.807) is 17.8 Å². The molecule has 0 aliphatic heterocycles. The van der Waals surface area contributed by atoms with E-state index in [1.165, 1.54) is 0 Å². The van der Waals surface area contributed by atoms with Gasteiger partial charge in [0.2, 0.25) is 5.91 Å². The Morgan fingerprint density at radius 2 is 1.96 bits per heavy atom. The monoisotopic (exact) mass is 406 g/mol. The molecule has 0 atom stereocenters. The summed E-state index contributed by atoms with van der Waals surface area (Å²) in [4.78, 5) is 24.2. The predicted molar refractivity (Wildman–Crippen MR) is 104 cm³/mol. The average molecular weight is 407 g/mol. The van der Waals surface area contributed by atoms with E-state index in [9.17, 15) is 9.59 Å². The molecule has 24 heavy (non-hydrogen) atoms. The Hall–Kier alpha value is -1.79. The van der Waals surface area contributed by atoms with Crippen molar-refractivity contribution in [2.24, 2.45) is 0 Å². The molecule has 0 aromatic heterocycles. The molecule has 6 heteroatoms. The van der Waals surface area contributed by atoms with Crippen LogP contribution in [-0.4, -0.2) is 24.6 Å². The molecule has 0 radical (unpaired) electrons. The van der Waals surface area contributed by atoms with Crippen molar-refractivity contribution in [3.05, 3.63) is 63.6 Å². The van der Waals surface area contributed by atoms with Crippen LogP contribution in [0.5, 0.6) is 0 Å². The van der Waals surface area contributed by atoms with Gasteiger partial charge in [0.15, 0.2) is 0 Å². The average Bonchev–Trinajstić information content (AvgIpc) is 2.56. The molecule has 0 aliphatic carbocycles. The lowest BCUT2D eigenvalue weighted by Gasteiger charge is -2.10. The Kier molecular flexibility index (Phi) is 6.87. The van der Waals surface area contributed by atoms with Gasteiger partial charge in [-0.3, -0.25) is 9.59 Å². The first kappa shape index (κ1) is 18.5. The molecule has 126 valence electrons.